The van der Waals surface area contributed by atoms with Crippen molar-refractivity contribution in [1.82, 2.24) is 19.6 Å². The summed E-state index contributed by atoms with van der Waals surface area (Å²) in [5, 5.41) is 10.1. The Morgan fingerprint density at radius 3 is 1.58 bits per heavy atom. The van der Waals surface area contributed by atoms with Crippen LogP contribution in [0.2, 0.25) is 0 Å². The lowest BCUT2D eigenvalue weighted by atomic mass is 9.66. The van der Waals surface area contributed by atoms with Crippen LogP contribution in [0.5, 0.6) is 0 Å². The molecule has 0 saturated carbocycles. The standard InChI is InChI=1S/C29H30N4/c1-21-19-23(3)32(30-21)28(33-24(4)20-22(2)31-33)29(27-17-11-12-18-27,25-13-7-5-8-14-25)26-15-9-6-10-16-26/h5-17,19-20,28H,18H2,1-4H3. The smallest absolute Gasteiger partial charge is 0.161 e. The van der Waals surface area contributed by atoms with E-state index < -0.39 is 5.41 Å². The van der Waals surface area contributed by atoms with Crippen LogP contribution in [-0.4, -0.2) is 19.6 Å². The second-order valence-corrected chi connectivity index (χ2v) is 8.98. The number of hydrogen-bond donors (Lipinski definition) is 0. The molecule has 2 aromatic carbocycles. The van der Waals surface area contributed by atoms with Gasteiger partial charge in [0.05, 0.1) is 16.8 Å². The van der Waals surface area contributed by atoms with Crippen molar-refractivity contribution < 1.29 is 0 Å². The summed E-state index contributed by atoms with van der Waals surface area (Å²) in [6.45, 7) is 8.40. The van der Waals surface area contributed by atoms with Crippen molar-refractivity contribution in [3.63, 3.8) is 0 Å². The Kier molecular flexibility index (Phi) is 5.37. The van der Waals surface area contributed by atoms with E-state index in [0.29, 0.717) is 0 Å². The van der Waals surface area contributed by atoms with Gasteiger partial charge < -0.3 is 0 Å². The maximum atomic E-state index is 5.03. The van der Waals surface area contributed by atoms with E-state index in [2.05, 4.69) is 128 Å². The highest BCUT2D eigenvalue weighted by Gasteiger charge is 2.49. The summed E-state index contributed by atoms with van der Waals surface area (Å²) in [6, 6.07) is 26.0. The molecule has 0 unspecified atom stereocenters. The molecule has 0 atom stereocenters. The van der Waals surface area contributed by atoms with Crippen molar-refractivity contribution in [3.8, 4) is 0 Å². The molecule has 166 valence electrons. The zero-order valence-electron chi connectivity index (χ0n) is 19.7. The summed E-state index contributed by atoms with van der Waals surface area (Å²) in [7, 11) is 0. The fraction of sp³-hybridized carbons (Fsp3) is 0.241. The summed E-state index contributed by atoms with van der Waals surface area (Å²) in [5.74, 6) is 0. The van der Waals surface area contributed by atoms with E-state index in [1.54, 1.807) is 0 Å². The average molecular weight is 435 g/mol. The number of allylic oxidation sites excluding steroid dienone is 4. The maximum absolute atomic E-state index is 5.03. The van der Waals surface area contributed by atoms with Gasteiger partial charge in [-0.1, -0.05) is 78.9 Å². The van der Waals surface area contributed by atoms with Gasteiger partial charge in [0.1, 0.15) is 0 Å². The van der Waals surface area contributed by atoms with E-state index >= 15 is 0 Å². The van der Waals surface area contributed by atoms with Crippen molar-refractivity contribution in [2.75, 3.05) is 0 Å². The van der Waals surface area contributed by atoms with Crippen LogP contribution >= 0.6 is 0 Å². The first-order chi connectivity index (χ1) is 16.0. The highest BCUT2D eigenvalue weighted by Crippen LogP contribution is 2.51. The first kappa shape index (κ1) is 21.2. The van der Waals surface area contributed by atoms with Crippen molar-refractivity contribution in [2.45, 2.75) is 45.7 Å². The van der Waals surface area contributed by atoms with E-state index in [1.165, 1.54) is 16.7 Å². The van der Waals surface area contributed by atoms with Gasteiger partial charge in [-0.15, -0.1) is 0 Å². The van der Waals surface area contributed by atoms with E-state index in [0.717, 1.165) is 29.2 Å². The van der Waals surface area contributed by atoms with Crippen molar-refractivity contribution in [3.05, 3.63) is 131 Å². The highest BCUT2D eigenvalue weighted by atomic mass is 15.5. The van der Waals surface area contributed by atoms with Gasteiger partial charge in [0.25, 0.3) is 0 Å². The van der Waals surface area contributed by atoms with Gasteiger partial charge in [0.15, 0.2) is 6.17 Å². The molecule has 0 aliphatic heterocycles. The molecular formula is C29H30N4. The van der Waals surface area contributed by atoms with E-state index in [1.807, 2.05) is 0 Å². The molecule has 4 heteroatoms. The predicted molar refractivity (Wildman–Crippen MR) is 133 cm³/mol. The number of aromatic nitrogens is 4. The van der Waals surface area contributed by atoms with Crippen molar-refractivity contribution in [1.29, 1.82) is 0 Å². The summed E-state index contributed by atoms with van der Waals surface area (Å²) >= 11 is 0. The van der Waals surface area contributed by atoms with Crippen LogP contribution in [0.4, 0.5) is 0 Å². The molecule has 1 aliphatic rings. The number of rotatable bonds is 6. The van der Waals surface area contributed by atoms with Crippen molar-refractivity contribution in [2.24, 2.45) is 0 Å². The number of nitrogens with zero attached hydrogens (tertiary/aromatic N) is 4. The van der Waals surface area contributed by atoms with Crippen LogP contribution in [-0.2, 0) is 5.41 Å². The molecule has 0 amide bonds. The lowest BCUT2D eigenvalue weighted by Gasteiger charge is -2.44. The van der Waals surface area contributed by atoms with Crippen LogP contribution in [0.3, 0.4) is 0 Å². The molecule has 0 saturated heterocycles. The van der Waals surface area contributed by atoms with Gasteiger partial charge in [-0.3, -0.25) is 0 Å². The average Bonchev–Trinajstić information content (AvgIpc) is 3.54. The topological polar surface area (TPSA) is 35.6 Å². The Labute approximate surface area is 195 Å². The monoisotopic (exact) mass is 434 g/mol. The molecule has 2 heterocycles. The normalized spacial score (nSPS) is 13.7. The molecule has 0 N–H and O–H groups in total. The Morgan fingerprint density at radius 1 is 0.727 bits per heavy atom. The summed E-state index contributed by atoms with van der Waals surface area (Å²) < 4.78 is 4.35. The quantitative estimate of drug-likeness (QED) is 0.360. The number of hydrogen-bond acceptors (Lipinski definition) is 2. The predicted octanol–water partition coefficient (Wildman–Crippen LogP) is 6.23. The Morgan fingerprint density at radius 2 is 1.21 bits per heavy atom. The van der Waals surface area contributed by atoms with Crippen LogP contribution in [0.15, 0.2) is 96.6 Å². The molecule has 0 radical (unpaired) electrons. The number of aryl methyl sites for hydroxylation is 4. The van der Waals surface area contributed by atoms with Crippen LogP contribution in [0.25, 0.3) is 0 Å². The lowest BCUT2D eigenvalue weighted by molar-refractivity contribution is 0.251. The summed E-state index contributed by atoms with van der Waals surface area (Å²) in [4.78, 5) is 0. The first-order valence-corrected chi connectivity index (χ1v) is 11.5. The largest absolute Gasteiger partial charge is 0.243 e. The highest BCUT2D eigenvalue weighted by molar-refractivity contribution is 5.53. The van der Waals surface area contributed by atoms with E-state index in [9.17, 15) is 0 Å². The number of benzene rings is 2. The zero-order chi connectivity index (χ0) is 23.0. The molecule has 33 heavy (non-hydrogen) atoms. The first-order valence-electron chi connectivity index (χ1n) is 11.5. The van der Waals surface area contributed by atoms with Gasteiger partial charge in [0.2, 0.25) is 0 Å². The third-order valence-corrected chi connectivity index (χ3v) is 6.68. The van der Waals surface area contributed by atoms with E-state index in [-0.39, 0.29) is 6.17 Å². The molecule has 2 aromatic heterocycles. The molecule has 0 spiro atoms. The van der Waals surface area contributed by atoms with Gasteiger partial charge >= 0.3 is 0 Å². The summed E-state index contributed by atoms with van der Waals surface area (Å²) in [6.07, 6.45) is 7.38. The van der Waals surface area contributed by atoms with Gasteiger partial charge in [0, 0.05) is 11.4 Å². The Bertz CT molecular complexity index is 1240. The summed E-state index contributed by atoms with van der Waals surface area (Å²) in [5.41, 5.74) is 7.55. The van der Waals surface area contributed by atoms with Crippen LogP contribution < -0.4 is 0 Å². The minimum atomic E-state index is -0.502. The van der Waals surface area contributed by atoms with Crippen LogP contribution in [0, 0.1) is 27.7 Å². The zero-order valence-corrected chi connectivity index (χ0v) is 19.7. The second-order valence-electron chi connectivity index (χ2n) is 8.98. The van der Waals surface area contributed by atoms with Gasteiger partial charge in [-0.2, -0.15) is 10.2 Å². The minimum absolute atomic E-state index is 0.212. The maximum Gasteiger partial charge on any atom is 0.161 e. The van der Waals surface area contributed by atoms with E-state index in [4.69, 9.17) is 10.2 Å². The fourth-order valence-corrected chi connectivity index (χ4v) is 5.40. The molecular weight excluding hydrogens is 404 g/mol. The third-order valence-electron chi connectivity index (χ3n) is 6.68. The second kappa shape index (κ2) is 8.36. The molecule has 1 aliphatic carbocycles. The Balaban J connectivity index is 1.94. The molecule has 4 nitrogen and oxygen atoms in total. The molecule has 5 rings (SSSR count). The van der Waals surface area contributed by atoms with Crippen LogP contribution in [0.1, 0.15) is 46.5 Å². The molecule has 4 aromatic rings. The SMILES string of the molecule is Cc1cc(C)n(C(n2nc(C)cc2C)C(C2=CC=CC2)(c2ccccc2)c2ccccc2)n1. The third kappa shape index (κ3) is 3.46. The molecule has 0 fully saturated rings. The minimum Gasteiger partial charge on any atom is -0.243 e. The lowest BCUT2D eigenvalue weighted by Crippen LogP contribution is -2.45. The van der Waals surface area contributed by atoms with Gasteiger partial charge in [-0.25, -0.2) is 9.36 Å². The molecule has 0 bridgehead atoms. The van der Waals surface area contributed by atoms with Gasteiger partial charge in [-0.05, 0) is 62.9 Å². The Hall–Kier alpha value is -3.66. The van der Waals surface area contributed by atoms with Crippen molar-refractivity contribution >= 4 is 0 Å². The fourth-order valence-electron chi connectivity index (χ4n) is 5.40.